The summed E-state index contributed by atoms with van der Waals surface area (Å²) in [7, 11) is 3.66. The number of carboxylic acid groups (broad SMARTS) is 1. The SMILES string of the molecule is COC1CCN(c2nsc(-c3cc4c(-c5cc(F)c6c(c5C)CCCO6)c([C@H](OC(C)(C)C)C(=O)O)c(C)nc4n3C)n2)CC1. The van der Waals surface area contributed by atoms with E-state index in [0.29, 0.717) is 57.4 Å². The van der Waals surface area contributed by atoms with Gasteiger partial charge in [0.1, 0.15) is 5.65 Å². The number of methoxy groups -OCH3 is 1. The van der Waals surface area contributed by atoms with Crippen molar-refractivity contribution in [2.45, 2.75) is 78.1 Å². The Labute approximate surface area is 266 Å². The maximum Gasteiger partial charge on any atom is 0.337 e. The van der Waals surface area contributed by atoms with Crippen LogP contribution < -0.4 is 9.64 Å². The molecule has 0 aliphatic carbocycles. The van der Waals surface area contributed by atoms with Crippen LogP contribution in [0.3, 0.4) is 0 Å². The fraction of sp³-hybridized carbons (Fsp3) is 0.515. The highest BCUT2D eigenvalue weighted by atomic mass is 32.1. The number of anilines is 1. The number of hydrogen-bond acceptors (Lipinski definition) is 9. The lowest BCUT2D eigenvalue weighted by Crippen LogP contribution is -2.37. The lowest BCUT2D eigenvalue weighted by molar-refractivity contribution is -0.160. The Morgan fingerprint density at radius 1 is 1.20 bits per heavy atom. The number of piperidine rings is 1. The molecule has 3 aromatic heterocycles. The van der Waals surface area contributed by atoms with Gasteiger partial charge in [-0.05, 0) is 95.1 Å². The van der Waals surface area contributed by atoms with E-state index in [1.807, 2.05) is 45.4 Å². The second-order valence-corrected chi connectivity index (χ2v) is 13.6. The number of nitrogens with zero attached hydrogens (tertiary/aromatic N) is 5. The number of ether oxygens (including phenoxy) is 3. The number of halogens is 1. The van der Waals surface area contributed by atoms with Crippen LogP contribution in [0.2, 0.25) is 0 Å². The summed E-state index contributed by atoms with van der Waals surface area (Å²) in [6, 6.07) is 3.43. The first-order valence-electron chi connectivity index (χ1n) is 15.4. The molecule has 240 valence electrons. The number of hydrogen-bond donors (Lipinski definition) is 1. The van der Waals surface area contributed by atoms with E-state index >= 15 is 4.39 Å². The highest BCUT2D eigenvalue weighted by Gasteiger charge is 2.35. The average Bonchev–Trinajstić information content (AvgIpc) is 3.62. The molecule has 5 heterocycles. The number of carboxylic acids is 1. The zero-order chi connectivity index (χ0) is 32.2. The van der Waals surface area contributed by atoms with Crippen molar-refractivity contribution in [3.63, 3.8) is 0 Å². The van der Waals surface area contributed by atoms with Gasteiger partial charge >= 0.3 is 5.97 Å². The number of aliphatic carboxylic acids is 1. The van der Waals surface area contributed by atoms with E-state index in [4.69, 9.17) is 24.2 Å². The lowest BCUT2D eigenvalue weighted by atomic mass is 9.86. The third kappa shape index (κ3) is 5.79. The van der Waals surface area contributed by atoms with Gasteiger partial charge in [0.15, 0.2) is 22.7 Å². The lowest BCUT2D eigenvalue weighted by Gasteiger charge is -2.30. The molecule has 1 atom stereocenters. The minimum absolute atomic E-state index is 0.250. The number of aromatic nitrogens is 4. The molecule has 12 heteroatoms. The van der Waals surface area contributed by atoms with Crippen LogP contribution in [-0.4, -0.2) is 68.5 Å². The van der Waals surface area contributed by atoms with Crippen LogP contribution in [0.1, 0.15) is 68.5 Å². The molecule has 45 heavy (non-hydrogen) atoms. The second-order valence-electron chi connectivity index (χ2n) is 12.9. The van der Waals surface area contributed by atoms with E-state index in [2.05, 4.69) is 9.27 Å². The van der Waals surface area contributed by atoms with E-state index in [0.717, 1.165) is 49.2 Å². The molecular formula is C33H40FN5O5S. The molecule has 1 aromatic carbocycles. The van der Waals surface area contributed by atoms with Gasteiger partial charge in [-0.3, -0.25) is 0 Å². The van der Waals surface area contributed by atoms with Gasteiger partial charge in [-0.25, -0.2) is 14.2 Å². The molecule has 0 unspecified atom stereocenters. The highest BCUT2D eigenvalue weighted by molar-refractivity contribution is 7.09. The van der Waals surface area contributed by atoms with Gasteiger partial charge in [-0.2, -0.15) is 9.36 Å². The summed E-state index contributed by atoms with van der Waals surface area (Å²) in [5, 5.41) is 11.9. The maximum atomic E-state index is 15.7. The number of aryl methyl sites for hydroxylation is 2. The van der Waals surface area contributed by atoms with Crippen molar-refractivity contribution < 1.29 is 28.5 Å². The van der Waals surface area contributed by atoms with Crippen LogP contribution in [-0.2, 0) is 27.7 Å². The summed E-state index contributed by atoms with van der Waals surface area (Å²) in [5.74, 6) is -0.657. The monoisotopic (exact) mass is 637 g/mol. The van der Waals surface area contributed by atoms with E-state index < -0.39 is 23.5 Å². The zero-order valence-electron chi connectivity index (χ0n) is 26.9. The van der Waals surface area contributed by atoms with Crippen LogP contribution in [0.15, 0.2) is 12.1 Å². The number of pyridine rings is 1. The van der Waals surface area contributed by atoms with E-state index in [9.17, 15) is 9.90 Å². The maximum absolute atomic E-state index is 15.7. The molecule has 1 saturated heterocycles. The summed E-state index contributed by atoms with van der Waals surface area (Å²) in [6.45, 7) is 11.3. The van der Waals surface area contributed by atoms with Gasteiger partial charge in [0.25, 0.3) is 0 Å². The second kappa shape index (κ2) is 12.0. The van der Waals surface area contributed by atoms with Crippen LogP contribution in [0.4, 0.5) is 10.3 Å². The van der Waals surface area contributed by atoms with Crippen molar-refractivity contribution >= 4 is 34.5 Å². The molecule has 0 amide bonds. The Morgan fingerprint density at radius 3 is 2.60 bits per heavy atom. The summed E-state index contributed by atoms with van der Waals surface area (Å²) >= 11 is 1.31. The van der Waals surface area contributed by atoms with Crippen molar-refractivity contribution in [2.75, 3.05) is 31.7 Å². The first-order chi connectivity index (χ1) is 21.4. The molecule has 10 nitrogen and oxygen atoms in total. The van der Waals surface area contributed by atoms with E-state index in [1.165, 1.54) is 17.6 Å². The van der Waals surface area contributed by atoms with Gasteiger partial charge in [-0.1, -0.05) is 0 Å². The summed E-state index contributed by atoms with van der Waals surface area (Å²) in [6.07, 6.45) is 2.19. The predicted molar refractivity (Wildman–Crippen MR) is 172 cm³/mol. The molecule has 0 radical (unpaired) electrons. The van der Waals surface area contributed by atoms with Crippen LogP contribution >= 0.6 is 11.5 Å². The van der Waals surface area contributed by atoms with Gasteiger partial charge in [-0.15, -0.1) is 0 Å². The third-order valence-corrected chi connectivity index (χ3v) is 9.49. The van der Waals surface area contributed by atoms with Crippen molar-refractivity contribution in [2.24, 2.45) is 7.05 Å². The first-order valence-corrected chi connectivity index (χ1v) is 16.1. The molecule has 4 aromatic rings. The smallest absolute Gasteiger partial charge is 0.337 e. The van der Waals surface area contributed by atoms with Crippen LogP contribution in [0.5, 0.6) is 5.75 Å². The number of carbonyl (C=O) groups is 1. The molecule has 2 aliphatic heterocycles. The largest absolute Gasteiger partial charge is 0.490 e. The number of fused-ring (bicyclic) bond motifs is 2. The van der Waals surface area contributed by atoms with Crippen molar-refractivity contribution in [3.8, 4) is 27.6 Å². The van der Waals surface area contributed by atoms with Crippen LogP contribution in [0.25, 0.3) is 32.9 Å². The topological polar surface area (TPSA) is 112 Å². The quantitative estimate of drug-likeness (QED) is 0.246. The molecule has 1 fully saturated rings. The van der Waals surface area contributed by atoms with E-state index in [-0.39, 0.29) is 11.9 Å². The molecule has 2 aliphatic rings. The van der Waals surface area contributed by atoms with Crippen molar-refractivity contribution in [1.82, 2.24) is 18.9 Å². The van der Waals surface area contributed by atoms with Gasteiger partial charge in [0.05, 0.1) is 24.0 Å². The van der Waals surface area contributed by atoms with Crippen LogP contribution in [0, 0.1) is 19.7 Å². The number of rotatable bonds is 7. The minimum Gasteiger partial charge on any atom is -0.490 e. The molecule has 0 spiro atoms. The molecule has 0 bridgehead atoms. The minimum atomic E-state index is -1.33. The fourth-order valence-corrected chi connectivity index (χ4v) is 7.25. The predicted octanol–water partition coefficient (Wildman–Crippen LogP) is 6.40. The Balaban J connectivity index is 1.57. The zero-order valence-corrected chi connectivity index (χ0v) is 27.7. The fourth-order valence-electron chi connectivity index (χ4n) is 6.52. The Hall–Kier alpha value is -3.61. The van der Waals surface area contributed by atoms with Gasteiger partial charge in [0, 0.05) is 55.0 Å². The Morgan fingerprint density at radius 2 is 1.93 bits per heavy atom. The highest BCUT2D eigenvalue weighted by Crippen LogP contribution is 2.45. The summed E-state index contributed by atoms with van der Waals surface area (Å²) < 4.78 is 39.8. The standard InChI is InChI=1S/C33H40FN5O5S/c1-17-20-9-8-14-43-27(20)23(34)15-21(17)26-22-16-24(30-36-32(37-45-30)39-12-10-19(42-7)11-13-39)38(6)29(22)35-18(2)25(26)28(31(40)41)44-33(3,4)5/h15-16,19,28H,8-14H2,1-7H3,(H,40,41)/t28-/m0/s1. The Kier molecular flexibility index (Phi) is 8.34. The first kappa shape index (κ1) is 31.4. The average molecular weight is 638 g/mol. The van der Waals surface area contributed by atoms with Crippen molar-refractivity contribution in [3.05, 3.63) is 40.3 Å². The molecule has 1 N–H and O–H groups in total. The number of benzene rings is 1. The summed E-state index contributed by atoms with van der Waals surface area (Å²) in [4.78, 5) is 24.8. The Bertz CT molecular complexity index is 1770. The van der Waals surface area contributed by atoms with Crippen molar-refractivity contribution in [1.29, 1.82) is 0 Å². The normalized spacial score (nSPS) is 16.6. The third-order valence-electron chi connectivity index (χ3n) is 8.76. The molecule has 6 rings (SSSR count). The summed E-state index contributed by atoms with van der Waals surface area (Å²) in [5.41, 5.74) is 4.39. The molecular weight excluding hydrogens is 597 g/mol. The van der Waals surface area contributed by atoms with E-state index in [1.54, 1.807) is 14.0 Å². The van der Waals surface area contributed by atoms with Gasteiger partial charge in [0.2, 0.25) is 5.95 Å². The van der Waals surface area contributed by atoms with Gasteiger partial charge < -0.3 is 28.8 Å². The molecule has 0 saturated carbocycles.